The van der Waals surface area contributed by atoms with Gasteiger partial charge in [0.05, 0.1) is 0 Å². The standard InChI is InChI=1S/C19H32/c1-14(2)8-10-16-15(3)9-11-17-18(4,5)12-7-13-19(16,17)6/h17H,1,7-13H2,2-6H3/t17?,19-/m1/s1. The van der Waals surface area contributed by atoms with Crippen LogP contribution in [-0.2, 0) is 0 Å². The lowest BCUT2D eigenvalue weighted by atomic mass is 9.50. The van der Waals surface area contributed by atoms with Crippen molar-refractivity contribution in [3.05, 3.63) is 23.3 Å². The number of hydrogen-bond donors (Lipinski definition) is 0. The Balaban J connectivity index is 2.31. The van der Waals surface area contributed by atoms with Crippen molar-refractivity contribution in [2.45, 2.75) is 79.6 Å². The molecule has 0 heteroatoms. The summed E-state index contributed by atoms with van der Waals surface area (Å²) in [7, 11) is 0. The first-order valence-electron chi connectivity index (χ1n) is 8.11. The van der Waals surface area contributed by atoms with Gasteiger partial charge < -0.3 is 0 Å². The van der Waals surface area contributed by atoms with Crippen LogP contribution in [0.1, 0.15) is 79.6 Å². The highest BCUT2D eigenvalue weighted by Gasteiger charge is 2.49. The maximum absolute atomic E-state index is 4.10. The van der Waals surface area contributed by atoms with Gasteiger partial charge in [0.25, 0.3) is 0 Å². The van der Waals surface area contributed by atoms with Crippen molar-refractivity contribution >= 4 is 0 Å². The second kappa shape index (κ2) is 5.11. The van der Waals surface area contributed by atoms with Crippen molar-refractivity contribution < 1.29 is 0 Å². The van der Waals surface area contributed by atoms with E-state index in [9.17, 15) is 0 Å². The third-order valence-electron chi connectivity index (χ3n) is 6.04. The largest absolute Gasteiger partial charge is 0.100 e. The van der Waals surface area contributed by atoms with Crippen molar-refractivity contribution in [2.24, 2.45) is 16.7 Å². The van der Waals surface area contributed by atoms with Gasteiger partial charge in [-0.25, -0.2) is 0 Å². The molecule has 0 radical (unpaired) electrons. The van der Waals surface area contributed by atoms with E-state index in [0.717, 1.165) is 5.92 Å². The normalized spacial score (nSPS) is 34.1. The quantitative estimate of drug-likeness (QED) is 0.523. The zero-order valence-corrected chi connectivity index (χ0v) is 13.7. The highest BCUT2D eigenvalue weighted by molar-refractivity contribution is 5.28. The fourth-order valence-corrected chi connectivity index (χ4v) is 5.03. The Morgan fingerprint density at radius 3 is 2.58 bits per heavy atom. The SMILES string of the molecule is C=C(C)CCC1=C(C)CCC2C(C)(C)CCC[C@]12C. The molecule has 0 spiro atoms. The lowest BCUT2D eigenvalue weighted by molar-refractivity contribution is 0.0105. The summed E-state index contributed by atoms with van der Waals surface area (Å²) < 4.78 is 0. The molecule has 0 aromatic heterocycles. The fraction of sp³-hybridized carbons (Fsp3) is 0.789. The molecule has 2 aliphatic carbocycles. The molecule has 1 saturated carbocycles. The first-order chi connectivity index (χ1) is 8.77. The van der Waals surface area contributed by atoms with E-state index in [2.05, 4.69) is 41.2 Å². The first kappa shape index (κ1) is 14.9. The van der Waals surface area contributed by atoms with Crippen LogP contribution >= 0.6 is 0 Å². The maximum Gasteiger partial charge on any atom is -0.00803 e. The van der Waals surface area contributed by atoms with Gasteiger partial charge in [0, 0.05) is 0 Å². The van der Waals surface area contributed by atoms with Crippen LogP contribution in [0.25, 0.3) is 0 Å². The number of allylic oxidation sites excluding steroid dienone is 3. The summed E-state index contributed by atoms with van der Waals surface area (Å²) in [4.78, 5) is 0. The first-order valence-corrected chi connectivity index (χ1v) is 8.11. The average Bonchev–Trinajstić information content (AvgIpc) is 2.26. The van der Waals surface area contributed by atoms with Crippen molar-refractivity contribution in [1.82, 2.24) is 0 Å². The van der Waals surface area contributed by atoms with Crippen molar-refractivity contribution in [2.75, 3.05) is 0 Å². The second-order valence-electron chi connectivity index (χ2n) is 8.07. The Morgan fingerprint density at radius 1 is 1.26 bits per heavy atom. The molecule has 0 amide bonds. The summed E-state index contributed by atoms with van der Waals surface area (Å²) in [6.07, 6.45) is 9.40. The van der Waals surface area contributed by atoms with Crippen LogP contribution in [0.4, 0.5) is 0 Å². The highest BCUT2D eigenvalue weighted by atomic mass is 14.5. The molecule has 0 aromatic carbocycles. The molecule has 0 saturated heterocycles. The van der Waals surface area contributed by atoms with Crippen LogP contribution < -0.4 is 0 Å². The van der Waals surface area contributed by atoms with Gasteiger partial charge in [0.1, 0.15) is 0 Å². The monoisotopic (exact) mass is 260 g/mol. The summed E-state index contributed by atoms with van der Waals surface area (Å²) >= 11 is 0. The van der Waals surface area contributed by atoms with Crippen LogP contribution in [0.5, 0.6) is 0 Å². The van der Waals surface area contributed by atoms with E-state index < -0.39 is 0 Å². The predicted octanol–water partition coefficient (Wildman–Crippen LogP) is 6.29. The topological polar surface area (TPSA) is 0 Å². The highest BCUT2D eigenvalue weighted by Crippen LogP contribution is 2.60. The molecule has 0 aliphatic heterocycles. The van der Waals surface area contributed by atoms with Gasteiger partial charge in [-0.3, -0.25) is 0 Å². The van der Waals surface area contributed by atoms with Crippen molar-refractivity contribution in [3.63, 3.8) is 0 Å². The zero-order chi connectivity index (χ0) is 14.3. The van der Waals surface area contributed by atoms with Crippen LogP contribution in [0.15, 0.2) is 23.3 Å². The Kier molecular flexibility index (Phi) is 4.00. The Bertz CT molecular complexity index is 396. The minimum atomic E-state index is 0.472. The zero-order valence-electron chi connectivity index (χ0n) is 13.7. The third-order valence-corrected chi connectivity index (χ3v) is 6.04. The minimum Gasteiger partial charge on any atom is -0.100 e. The summed E-state index contributed by atoms with van der Waals surface area (Å²) in [5, 5.41) is 0. The van der Waals surface area contributed by atoms with E-state index in [1.54, 1.807) is 11.1 Å². The molecule has 0 nitrogen and oxygen atoms in total. The number of rotatable bonds is 3. The van der Waals surface area contributed by atoms with Gasteiger partial charge in [-0.1, -0.05) is 43.9 Å². The summed E-state index contributed by atoms with van der Waals surface area (Å²) in [5.74, 6) is 0.887. The summed E-state index contributed by atoms with van der Waals surface area (Å²) in [6.45, 7) is 16.2. The lowest BCUT2D eigenvalue weighted by Gasteiger charge is -2.55. The van der Waals surface area contributed by atoms with Gasteiger partial charge in [0.2, 0.25) is 0 Å². The third kappa shape index (κ3) is 2.69. The van der Waals surface area contributed by atoms with Crippen LogP contribution in [0.2, 0.25) is 0 Å². The number of hydrogen-bond acceptors (Lipinski definition) is 0. The molecule has 0 bridgehead atoms. The van der Waals surface area contributed by atoms with E-state index in [4.69, 9.17) is 0 Å². The molecule has 0 heterocycles. The second-order valence-corrected chi connectivity index (χ2v) is 8.07. The molecule has 19 heavy (non-hydrogen) atoms. The van der Waals surface area contributed by atoms with Crippen LogP contribution in [-0.4, -0.2) is 0 Å². The summed E-state index contributed by atoms with van der Waals surface area (Å²) in [6, 6.07) is 0. The lowest BCUT2D eigenvalue weighted by Crippen LogP contribution is -2.45. The molecule has 2 rings (SSSR count). The predicted molar refractivity (Wildman–Crippen MR) is 85.2 cm³/mol. The molecular formula is C19H32. The minimum absolute atomic E-state index is 0.472. The van der Waals surface area contributed by atoms with Crippen LogP contribution in [0.3, 0.4) is 0 Å². The fourth-order valence-electron chi connectivity index (χ4n) is 5.03. The van der Waals surface area contributed by atoms with E-state index >= 15 is 0 Å². The molecule has 1 unspecified atom stereocenters. The van der Waals surface area contributed by atoms with Gasteiger partial charge in [-0.2, -0.15) is 0 Å². The van der Waals surface area contributed by atoms with Gasteiger partial charge >= 0.3 is 0 Å². The van der Waals surface area contributed by atoms with Gasteiger partial charge in [-0.05, 0) is 69.1 Å². The Labute approximate surface area is 120 Å². The van der Waals surface area contributed by atoms with Crippen molar-refractivity contribution in [1.29, 1.82) is 0 Å². The molecule has 0 N–H and O–H groups in total. The maximum atomic E-state index is 4.10. The number of fused-ring (bicyclic) bond motifs is 1. The van der Waals surface area contributed by atoms with Crippen LogP contribution in [0, 0.1) is 16.7 Å². The Morgan fingerprint density at radius 2 is 1.95 bits per heavy atom. The van der Waals surface area contributed by atoms with E-state index in [1.165, 1.54) is 50.5 Å². The molecular weight excluding hydrogens is 228 g/mol. The molecule has 2 atom stereocenters. The molecule has 0 aromatic rings. The van der Waals surface area contributed by atoms with E-state index in [-0.39, 0.29) is 0 Å². The molecule has 108 valence electrons. The van der Waals surface area contributed by atoms with E-state index in [0.29, 0.717) is 10.8 Å². The van der Waals surface area contributed by atoms with E-state index in [1.807, 2.05) is 0 Å². The Hall–Kier alpha value is -0.520. The average molecular weight is 260 g/mol. The molecule has 2 aliphatic rings. The summed E-state index contributed by atoms with van der Waals surface area (Å²) in [5.41, 5.74) is 5.82. The smallest absolute Gasteiger partial charge is 0.00803 e. The van der Waals surface area contributed by atoms with Gasteiger partial charge in [0.15, 0.2) is 0 Å². The van der Waals surface area contributed by atoms with Crippen molar-refractivity contribution in [3.8, 4) is 0 Å². The molecule has 1 fully saturated rings. The van der Waals surface area contributed by atoms with Gasteiger partial charge in [-0.15, -0.1) is 6.58 Å².